The molecule has 0 aliphatic carbocycles. The third kappa shape index (κ3) is 3.18. The quantitative estimate of drug-likeness (QED) is 0.862. The minimum absolute atomic E-state index is 0.561. The molecule has 1 aliphatic rings. The highest BCUT2D eigenvalue weighted by atomic mass is 79.9. The Bertz CT molecular complexity index is 340. The summed E-state index contributed by atoms with van der Waals surface area (Å²) in [6.07, 6.45) is 8.41. The van der Waals surface area contributed by atoms with Gasteiger partial charge in [-0.2, -0.15) is 0 Å². The molecule has 80 valence electrons. The van der Waals surface area contributed by atoms with Crippen molar-refractivity contribution in [2.75, 3.05) is 6.54 Å². The van der Waals surface area contributed by atoms with E-state index in [-0.39, 0.29) is 0 Å². The Morgan fingerprint density at radius 1 is 1.27 bits per heavy atom. The van der Waals surface area contributed by atoms with Crippen molar-refractivity contribution in [2.45, 2.75) is 25.3 Å². The van der Waals surface area contributed by atoms with Crippen molar-refractivity contribution in [1.29, 1.82) is 0 Å². The minimum Gasteiger partial charge on any atom is -0.311 e. The molecule has 1 saturated heterocycles. The second-order valence-corrected chi connectivity index (χ2v) is 4.79. The van der Waals surface area contributed by atoms with Crippen molar-refractivity contribution >= 4 is 22.0 Å². The van der Waals surface area contributed by atoms with Gasteiger partial charge in [0.15, 0.2) is 0 Å². The number of nitrogens with one attached hydrogen (secondary N) is 1. The van der Waals surface area contributed by atoms with E-state index in [1.54, 1.807) is 0 Å². The van der Waals surface area contributed by atoms with E-state index >= 15 is 0 Å². The maximum absolute atomic E-state index is 3.55. The van der Waals surface area contributed by atoms with E-state index in [9.17, 15) is 0 Å². The molecule has 1 unspecified atom stereocenters. The van der Waals surface area contributed by atoms with Crippen LogP contribution in [0, 0.1) is 0 Å². The lowest BCUT2D eigenvalue weighted by atomic mass is 10.0. The molecule has 1 aliphatic heterocycles. The number of hydrogen-bond acceptors (Lipinski definition) is 1. The summed E-state index contributed by atoms with van der Waals surface area (Å²) in [7, 11) is 0. The first-order chi connectivity index (χ1) is 7.36. The van der Waals surface area contributed by atoms with Gasteiger partial charge in [0.05, 0.1) is 0 Å². The summed E-state index contributed by atoms with van der Waals surface area (Å²) in [5, 5.41) is 3.51. The molecule has 0 aromatic heterocycles. The van der Waals surface area contributed by atoms with Gasteiger partial charge >= 0.3 is 0 Å². The van der Waals surface area contributed by atoms with Crippen molar-refractivity contribution in [1.82, 2.24) is 5.32 Å². The molecule has 1 aromatic carbocycles. The molecular formula is C13H16BrN. The Morgan fingerprint density at radius 3 is 2.87 bits per heavy atom. The number of rotatable bonds is 2. The first kappa shape index (κ1) is 10.9. The molecule has 1 heterocycles. The SMILES string of the molecule is Brc1ccccc1/C=C/C1CCCCN1. The lowest BCUT2D eigenvalue weighted by molar-refractivity contribution is 0.455. The van der Waals surface area contributed by atoms with Crippen molar-refractivity contribution in [3.05, 3.63) is 40.4 Å². The number of hydrogen-bond donors (Lipinski definition) is 1. The average Bonchev–Trinajstić information content (AvgIpc) is 2.29. The highest BCUT2D eigenvalue weighted by molar-refractivity contribution is 9.10. The van der Waals surface area contributed by atoms with Gasteiger partial charge in [0, 0.05) is 10.5 Å². The molecule has 1 aromatic rings. The molecule has 2 rings (SSSR count). The number of benzene rings is 1. The summed E-state index contributed by atoms with van der Waals surface area (Å²) in [4.78, 5) is 0. The summed E-state index contributed by atoms with van der Waals surface area (Å²) in [6, 6.07) is 8.88. The van der Waals surface area contributed by atoms with E-state index in [0.29, 0.717) is 6.04 Å². The van der Waals surface area contributed by atoms with Gasteiger partial charge in [-0.15, -0.1) is 0 Å². The lowest BCUT2D eigenvalue weighted by Gasteiger charge is -2.20. The van der Waals surface area contributed by atoms with Crippen LogP contribution < -0.4 is 5.32 Å². The van der Waals surface area contributed by atoms with Crippen LogP contribution in [0.15, 0.2) is 34.8 Å². The summed E-state index contributed by atoms with van der Waals surface area (Å²) >= 11 is 3.55. The first-order valence-corrected chi connectivity index (χ1v) is 6.32. The Kier molecular flexibility index (Phi) is 3.98. The lowest BCUT2D eigenvalue weighted by Crippen LogP contribution is -2.31. The fourth-order valence-electron chi connectivity index (χ4n) is 1.87. The topological polar surface area (TPSA) is 12.0 Å². The Morgan fingerprint density at radius 2 is 2.13 bits per heavy atom. The third-order valence-electron chi connectivity index (χ3n) is 2.76. The van der Waals surface area contributed by atoms with E-state index in [2.05, 4.69) is 51.6 Å². The zero-order chi connectivity index (χ0) is 10.5. The van der Waals surface area contributed by atoms with Crippen LogP contribution in [0.5, 0.6) is 0 Å². The second-order valence-electron chi connectivity index (χ2n) is 3.94. The molecule has 1 atom stereocenters. The molecule has 15 heavy (non-hydrogen) atoms. The molecule has 2 heteroatoms. The van der Waals surface area contributed by atoms with Crippen LogP contribution in [0.3, 0.4) is 0 Å². The van der Waals surface area contributed by atoms with Gasteiger partial charge in [-0.1, -0.05) is 52.7 Å². The highest BCUT2D eigenvalue weighted by Crippen LogP contribution is 2.18. The maximum atomic E-state index is 3.55. The average molecular weight is 266 g/mol. The van der Waals surface area contributed by atoms with Gasteiger partial charge in [0.2, 0.25) is 0 Å². The zero-order valence-corrected chi connectivity index (χ0v) is 10.3. The predicted molar refractivity (Wildman–Crippen MR) is 68.8 cm³/mol. The van der Waals surface area contributed by atoms with Gasteiger partial charge < -0.3 is 5.32 Å². The Balaban J connectivity index is 2.01. The van der Waals surface area contributed by atoms with Gasteiger partial charge in [-0.3, -0.25) is 0 Å². The van der Waals surface area contributed by atoms with Crippen molar-refractivity contribution in [2.24, 2.45) is 0 Å². The van der Waals surface area contributed by atoms with Gasteiger partial charge in [0.25, 0.3) is 0 Å². The van der Waals surface area contributed by atoms with E-state index in [1.807, 2.05) is 6.07 Å². The molecule has 1 nitrogen and oxygen atoms in total. The minimum atomic E-state index is 0.561. The molecule has 1 fully saturated rings. The van der Waals surface area contributed by atoms with E-state index < -0.39 is 0 Å². The van der Waals surface area contributed by atoms with Crippen molar-refractivity contribution in [3.63, 3.8) is 0 Å². The Labute approximate surface area is 99.7 Å². The zero-order valence-electron chi connectivity index (χ0n) is 8.75. The number of piperidine rings is 1. The normalized spacial score (nSPS) is 22.1. The third-order valence-corrected chi connectivity index (χ3v) is 3.48. The van der Waals surface area contributed by atoms with Crippen LogP contribution in [-0.2, 0) is 0 Å². The Hall–Kier alpha value is -0.600. The highest BCUT2D eigenvalue weighted by Gasteiger charge is 2.08. The van der Waals surface area contributed by atoms with Crippen LogP contribution >= 0.6 is 15.9 Å². The fraction of sp³-hybridized carbons (Fsp3) is 0.385. The summed E-state index contributed by atoms with van der Waals surface area (Å²) in [5.74, 6) is 0. The summed E-state index contributed by atoms with van der Waals surface area (Å²) < 4.78 is 1.16. The van der Waals surface area contributed by atoms with Crippen LogP contribution in [0.1, 0.15) is 24.8 Å². The van der Waals surface area contributed by atoms with E-state index in [4.69, 9.17) is 0 Å². The van der Waals surface area contributed by atoms with E-state index in [0.717, 1.165) is 11.0 Å². The van der Waals surface area contributed by atoms with E-state index in [1.165, 1.54) is 24.8 Å². The van der Waals surface area contributed by atoms with Gasteiger partial charge in [0.1, 0.15) is 0 Å². The van der Waals surface area contributed by atoms with Crippen LogP contribution in [0.4, 0.5) is 0 Å². The molecular weight excluding hydrogens is 250 g/mol. The van der Waals surface area contributed by atoms with Gasteiger partial charge in [-0.25, -0.2) is 0 Å². The monoisotopic (exact) mass is 265 g/mol. The van der Waals surface area contributed by atoms with Crippen LogP contribution in [0.25, 0.3) is 6.08 Å². The van der Waals surface area contributed by atoms with Crippen LogP contribution in [-0.4, -0.2) is 12.6 Å². The maximum Gasteiger partial charge on any atom is 0.0253 e. The summed E-state index contributed by atoms with van der Waals surface area (Å²) in [6.45, 7) is 1.16. The summed E-state index contributed by atoms with van der Waals surface area (Å²) in [5.41, 5.74) is 1.25. The molecule has 0 amide bonds. The van der Waals surface area contributed by atoms with Crippen LogP contribution in [0.2, 0.25) is 0 Å². The molecule has 0 saturated carbocycles. The molecule has 0 bridgehead atoms. The standard InChI is InChI=1S/C13H16BrN/c14-13-7-2-1-5-11(13)8-9-12-6-3-4-10-15-12/h1-2,5,7-9,12,15H,3-4,6,10H2/b9-8+. The second kappa shape index (κ2) is 5.47. The predicted octanol–water partition coefficient (Wildman–Crippen LogP) is 3.60. The van der Waals surface area contributed by atoms with Gasteiger partial charge in [-0.05, 0) is 31.0 Å². The largest absolute Gasteiger partial charge is 0.311 e. The smallest absolute Gasteiger partial charge is 0.0253 e. The van der Waals surface area contributed by atoms with Crippen molar-refractivity contribution < 1.29 is 0 Å². The molecule has 0 spiro atoms. The fourth-order valence-corrected chi connectivity index (χ4v) is 2.29. The first-order valence-electron chi connectivity index (χ1n) is 5.52. The molecule has 0 radical (unpaired) electrons. The van der Waals surface area contributed by atoms with Crippen molar-refractivity contribution in [3.8, 4) is 0 Å². The number of halogens is 1. The molecule has 1 N–H and O–H groups in total.